The lowest BCUT2D eigenvalue weighted by Gasteiger charge is -2.14. The molecule has 17 heavy (non-hydrogen) atoms. The summed E-state index contributed by atoms with van der Waals surface area (Å²) in [5, 5.41) is 9.62. The minimum atomic E-state index is -0.567. The van der Waals surface area contributed by atoms with Crippen LogP contribution in [0.5, 0.6) is 11.5 Å². The third kappa shape index (κ3) is 4.24. The molecule has 1 atom stereocenters. The Morgan fingerprint density at radius 1 is 1.29 bits per heavy atom. The third-order valence-electron chi connectivity index (χ3n) is 2.36. The van der Waals surface area contributed by atoms with Crippen LogP contribution in [0.4, 0.5) is 0 Å². The van der Waals surface area contributed by atoms with Gasteiger partial charge in [0, 0.05) is 18.2 Å². The molecular weight excluding hydrogens is 220 g/mol. The van der Waals surface area contributed by atoms with E-state index in [9.17, 15) is 5.11 Å². The molecule has 4 nitrogen and oxygen atoms in total. The summed E-state index contributed by atoms with van der Waals surface area (Å²) in [4.78, 5) is 0. The molecule has 0 amide bonds. The van der Waals surface area contributed by atoms with Crippen LogP contribution in [0.3, 0.4) is 0 Å². The molecule has 1 rings (SSSR count). The van der Waals surface area contributed by atoms with Gasteiger partial charge in [0.05, 0.1) is 19.8 Å². The van der Waals surface area contributed by atoms with Crippen molar-refractivity contribution < 1.29 is 19.3 Å². The molecule has 0 aliphatic heterocycles. The predicted molar refractivity (Wildman–Crippen MR) is 65.6 cm³/mol. The van der Waals surface area contributed by atoms with E-state index in [1.165, 1.54) is 0 Å². The fourth-order valence-electron chi connectivity index (χ4n) is 1.47. The maximum Gasteiger partial charge on any atom is 0.128 e. The van der Waals surface area contributed by atoms with Crippen LogP contribution in [0.15, 0.2) is 18.2 Å². The number of aliphatic hydroxyl groups excluding tert-OH is 1. The average Bonchev–Trinajstić information content (AvgIpc) is 2.34. The van der Waals surface area contributed by atoms with E-state index >= 15 is 0 Å². The zero-order valence-corrected chi connectivity index (χ0v) is 10.6. The lowest BCUT2D eigenvalue weighted by molar-refractivity contribution is 0.107. The summed E-state index contributed by atoms with van der Waals surface area (Å²) in [5.41, 5.74) is 0.752. The van der Waals surface area contributed by atoms with Gasteiger partial charge in [-0.1, -0.05) is 0 Å². The second kappa shape index (κ2) is 7.14. The van der Waals surface area contributed by atoms with Crippen molar-refractivity contribution in [3.8, 4) is 11.5 Å². The van der Waals surface area contributed by atoms with Crippen molar-refractivity contribution in [3.63, 3.8) is 0 Å². The van der Waals surface area contributed by atoms with Gasteiger partial charge >= 0.3 is 0 Å². The normalized spacial score (nSPS) is 12.2. The molecule has 0 unspecified atom stereocenters. The van der Waals surface area contributed by atoms with Gasteiger partial charge in [-0.05, 0) is 26.0 Å². The van der Waals surface area contributed by atoms with E-state index in [-0.39, 0.29) is 0 Å². The Bertz CT molecular complexity index is 336. The summed E-state index contributed by atoms with van der Waals surface area (Å²) in [6.07, 6.45) is -0.567. The highest BCUT2D eigenvalue weighted by molar-refractivity contribution is 5.41. The first-order valence-electron chi connectivity index (χ1n) is 5.75. The number of ether oxygens (including phenoxy) is 3. The van der Waals surface area contributed by atoms with Crippen LogP contribution in [0.2, 0.25) is 0 Å². The molecule has 0 heterocycles. The predicted octanol–water partition coefficient (Wildman–Crippen LogP) is 2.16. The highest BCUT2D eigenvalue weighted by atomic mass is 16.5. The second-order valence-electron chi connectivity index (χ2n) is 3.63. The number of hydrogen-bond acceptors (Lipinski definition) is 4. The van der Waals surface area contributed by atoms with E-state index in [1.54, 1.807) is 32.2 Å². The molecule has 0 aliphatic carbocycles. The fraction of sp³-hybridized carbons (Fsp3) is 0.538. The number of benzene rings is 1. The first kappa shape index (κ1) is 13.8. The molecule has 96 valence electrons. The molecule has 0 saturated carbocycles. The van der Waals surface area contributed by atoms with Crippen molar-refractivity contribution in [1.82, 2.24) is 0 Å². The maximum atomic E-state index is 9.62. The van der Waals surface area contributed by atoms with Gasteiger partial charge in [-0.3, -0.25) is 0 Å². The van der Waals surface area contributed by atoms with Crippen LogP contribution in [0, 0.1) is 0 Å². The van der Waals surface area contributed by atoms with Gasteiger partial charge in [0.1, 0.15) is 18.1 Å². The van der Waals surface area contributed by atoms with Crippen LogP contribution in [-0.2, 0) is 4.74 Å². The molecule has 0 spiro atoms. The van der Waals surface area contributed by atoms with Gasteiger partial charge in [0.2, 0.25) is 0 Å². The molecule has 1 N–H and O–H groups in total. The van der Waals surface area contributed by atoms with Gasteiger partial charge in [-0.15, -0.1) is 0 Å². The standard InChI is InChI=1S/C13H20O4/c1-4-16-7-8-17-13-9-11(15-3)5-6-12(13)10(2)14/h5-6,9-10,14H,4,7-8H2,1-3H3/t10-/m1/s1. The smallest absolute Gasteiger partial charge is 0.128 e. The minimum Gasteiger partial charge on any atom is -0.497 e. The number of aliphatic hydroxyl groups is 1. The molecule has 0 aliphatic rings. The Balaban J connectivity index is 2.71. The topological polar surface area (TPSA) is 47.9 Å². The maximum absolute atomic E-state index is 9.62. The van der Waals surface area contributed by atoms with E-state index in [1.807, 2.05) is 6.92 Å². The van der Waals surface area contributed by atoms with Crippen LogP contribution in [-0.4, -0.2) is 32.0 Å². The Kier molecular flexibility index (Phi) is 5.80. The van der Waals surface area contributed by atoms with Gasteiger partial charge in [0.15, 0.2) is 0 Å². The fourth-order valence-corrected chi connectivity index (χ4v) is 1.47. The molecule has 0 fully saturated rings. The molecule has 0 aromatic heterocycles. The zero-order chi connectivity index (χ0) is 12.7. The van der Waals surface area contributed by atoms with E-state index in [0.717, 1.165) is 5.56 Å². The van der Waals surface area contributed by atoms with E-state index in [0.29, 0.717) is 31.3 Å². The van der Waals surface area contributed by atoms with Crippen LogP contribution >= 0.6 is 0 Å². The third-order valence-corrected chi connectivity index (χ3v) is 2.36. The average molecular weight is 240 g/mol. The first-order chi connectivity index (χ1) is 8.19. The monoisotopic (exact) mass is 240 g/mol. The van der Waals surface area contributed by atoms with Crippen molar-refractivity contribution in [3.05, 3.63) is 23.8 Å². The Labute approximate surface area is 102 Å². The van der Waals surface area contributed by atoms with Crippen molar-refractivity contribution in [2.24, 2.45) is 0 Å². The van der Waals surface area contributed by atoms with Gasteiger partial charge in [-0.25, -0.2) is 0 Å². The molecule has 1 aromatic rings. The van der Waals surface area contributed by atoms with Gasteiger partial charge in [-0.2, -0.15) is 0 Å². The lowest BCUT2D eigenvalue weighted by atomic mass is 10.1. The Morgan fingerprint density at radius 3 is 2.65 bits per heavy atom. The summed E-state index contributed by atoms with van der Waals surface area (Å²) < 4.78 is 15.9. The summed E-state index contributed by atoms with van der Waals surface area (Å²) >= 11 is 0. The summed E-state index contributed by atoms with van der Waals surface area (Å²) in [6.45, 7) is 5.31. The van der Waals surface area contributed by atoms with Gasteiger partial charge < -0.3 is 19.3 Å². The van der Waals surface area contributed by atoms with Crippen molar-refractivity contribution in [2.75, 3.05) is 26.9 Å². The van der Waals surface area contributed by atoms with Crippen LogP contribution in [0.25, 0.3) is 0 Å². The van der Waals surface area contributed by atoms with Crippen molar-refractivity contribution >= 4 is 0 Å². The van der Waals surface area contributed by atoms with Gasteiger partial charge in [0.25, 0.3) is 0 Å². The van der Waals surface area contributed by atoms with E-state index in [4.69, 9.17) is 14.2 Å². The van der Waals surface area contributed by atoms with Crippen LogP contribution < -0.4 is 9.47 Å². The van der Waals surface area contributed by atoms with E-state index < -0.39 is 6.10 Å². The minimum absolute atomic E-state index is 0.459. The summed E-state index contributed by atoms with van der Waals surface area (Å²) in [7, 11) is 1.60. The summed E-state index contributed by atoms with van der Waals surface area (Å²) in [5.74, 6) is 1.35. The highest BCUT2D eigenvalue weighted by Gasteiger charge is 2.10. The zero-order valence-electron chi connectivity index (χ0n) is 10.6. The largest absolute Gasteiger partial charge is 0.497 e. The quantitative estimate of drug-likeness (QED) is 0.742. The molecule has 1 aromatic carbocycles. The molecule has 0 radical (unpaired) electrons. The lowest BCUT2D eigenvalue weighted by Crippen LogP contribution is -2.08. The number of methoxy groups -OCH3 is 1. The van der Waals surface area contributed by atoms with Crippen LogP contribution in [0.1, 0.15) is 25.5 Å². The number of hydrogen-bond donors (Lipinski definition) is 1. The molecular formula is C13H20O4. The first-order valence-corrected chi connectivity index (χ1v) is 5.75. The number of rotatable bonds is 7. The molecule has 4 heteroatoms. The summed E-state index contributed by atoms with van der Waals surface area (Å²) in [6, 6.07) is 5.38. The van der Waals surface area contributed by atoms with Crippen molar-refractivity contribution in [1.29, 1.82) is 0 Å². The molecule has 0 bridgehead atoms. The SMILES string of the molecule is CCOCCOc1cc(OC)ccc1[C@@H](C)O. The molecule has 0 saturated heterocycles. The Hall–Kier alpha value is -1.26. The van der Waals surface area contributed by atoms with Crippen molar-refractivity contribution in [2.45, 2.75) is 20.0 Å². The Morgan fingerprint density at radius 2 is 2.06 bits per heavy atom. The second-order valence-corrected chi connectivity index (χ2v) is 3.63. The van der Waals surface area contributed by atoms with E-state index in [2.05, 4.69) is 0 Å². The highest BCUT2D eigenvalue weighted by Crippen LogP contribution is 2.29.